The molecule has 31 heavy (non-hydrogen) atoms. The lowest BCUT2D eigenvalue weighted by molar-refractivity contribution is 0.0965. The highest BCUT2D eigenvalue weighted by Crippen LogP contribution is 2.30. The number of imidazole rings is 1. The summed E-state index contributed by atoms with van der Waals surface area (Å²) in [6, 6.07) is 16.2. The van der Waals surface area contributed by atoms with Crippen LogP contribution in [0.25, 0.3) is 0 Å². The van der Waals surface area contributed by atoms with Gasteiger partial charge in [-0.15, -0.1) is 11.3 Å². The van der Waals surface area contributed by atoms with Crippen molar-refractivity contribution in [1.82, 2.24) is 9.55 Å². The van der Waals surface area contributed by atoms with Crippen molar-refractivity contribution < 1.29 is 9.59 Å². The van der Waals surface area contributed by atoms with Crippen LogP contribution in [0.2, 0.25) is 0 Å². The molecule has 1 amide bonds. The fourth-order valence-electron chi connectivity index (χ4n) is 3.80. The summed E-state index contributed by atoms with van der Waals surface area (Å²) in [6.45, 7) is 2.58. The molecule has 2 aromatic carbocycles. The molecule has 0 saturated heterocycles. The number of para-hydroxylation sites is 1. The van der Waals surface area contributed by atoms with Gasteiger partial charge in [-0.3, -0.25) is 9.59 Å². The molecule has 4 aromatic rings. The first-order valence-corrected chi connectivity index (χ1v) is 10.8. The van der Waals surface area contributed by atoms with E-state index in [9.17, 15) is 9.59 Å². The first-order valence-electron chi connectivity index (χ1n) is 9.95. The van der Waals surface area contributed by atoms with Crippen LogP contribution in [0.4, 0.5) is 11.4 Å². The Morgan fingerprint density at radius 2 is 1.94 bits per heavy atom. The Labute approximate surface area is 183 Å². The van der Waals surface area contributed by atoms with Crippen LogP contribution in [0.5, 0.6) is 0 Å². The largest absolute Gasteiger partial charge is 0.369 e. The summed E-state index contributed by atoms with van der Waals surface area (Å²) >= 11 is 1.54. The fraction of sp³-hybridized carbons (Fsp3) is 0.125. The second-order valence-corrected chi connectivity index (χ2v) is 8.55. The Kier molecular flexibility index (Phi) is 4.88. The number of hydrogen-bond acceptors (Lipinski definition) is 5. The minimum absolute atomic E-state index is 0.0734. The lowest BCUT2D eigenvalue weighted by Gasteiger charge is -2.17. The number of carbonyl (C=O) groups excluding carboxylic acids is 2. The Morgan fingerprint density at radius 3 is 2.71 bits per heavy atom. The fourth-order valence-corrected chi connectivity index (χ4v) is 4.50. The maximum Gasteiger partial charge on any atom is 0.256 e. The number of nitrogens with zero attached hydrogens (tertiary/aromatic N) is 2. The first-order chi connectivity index (χ1) is 15.1. The van der Waals surface area contributed by atoms with E-state index in [0.717, 1.165) is 16.1 Å². The molecule has 3 heterocycles. The van der Waals surface area contributed by atoms with Crippen molar-refractivity contribution in [2.24, 2.45) is 0 Å². The summed E-state index contributed by atoms with van der Waals surface area (Å²) < 4.78 is 2.00. The van der Waals surface area contributed by atoms with E-state index in [1.807, 2.05) is 53.4 Å². The van der Waals surface area contributed by atoms with Gasteiger partial charge in [-0.05, 0) is 54.3 Å². The maximum atomic E-state index is 13.4. The van der Waals surface area contributed by atoms with E-state index in [4.69, 9.17) is 0 Å². The second kappa shape index (κ2) is 7.85. The lowest BCUT2D eigenvalue weighted by atomic mass is 10.0. The number of aryl methyl sites for hydroxylation is 1. The van der Waals surface area contributed by atoms with Crippen LogP contribution in [-0.4, -0.2) is 21.2 Å². The molecule has 1 aliphatic heterocycles. The van der Waals surface area contributed by atoms with Gasteiger partial charge in [-0.25, -0.2) is 4.98 Å². The zero-order valence-corrected chi connectivity index (χ0v) is 17.6. The van der Waals surface area contributed by atoms with Crippen LogP contribution in [0.15, 0.2) is 72.4 Å². The van der Waals surface area contributed by atoms with Gasteiger partial charge >= 0.3 is 0 Å². The van der Waals surface area contributed by atoms with Crippen LogP contribution < -0.4 is 10.6 Å². The summed E-state index contributed by atoms with van der Waals surface area (Å²) in [5, 5.41) is 8.16. The minimum Gasteiger partial charge on any atom is -0.369 e. The van der Waals surface area contributed by atoms with E-state index >= 15 is 0 Å². The van der Waals surface area contributed by atoms with E-state index < -0.39 is 6.04 Å². The molecule has 0 fully saturated rings. The summed E-state index contributed by atoms with van der Waals surface area (Å²) in [5.74, 6) is 0.462. The first kappa shape index (κ1) is 19.3. The number of Topliss-reactive ketones (excluding diaryl/α,β-unsaturated/α-hetero) is 1. The van der Waals surface area contributed by atoms with Crippen molar-refractivity contribution in [3.05, 3.63) is 99.8 Å². The van der Waals surface area contributed by atoms with Crippen molar-refractivity contribution >= 4 is 34.4 Å². The summed E-state index contributed by atoms with van der Waals surface area (Å²) in [6.07, 6.45) is 3.61. The van der Waals surface area contributed by atoms with E-state index in [1.54, 1.807) is 30.5 Å². The standard InChI is InChI=1S/C24H20N4O2S/c1-15-19(10-13-31-15)24(30)26-18-8-6-16(7-9-18)22(29)21-23-25-11-12-28(23)14-17-4-2-3-5-20(17)27-21/h2-13,21,27H,14H2,1H3,(H,26,30). The molecule has 154 valence electrons. The van der Waals surface area contributed by atoms with Crippen LogP contribution in [0, 0.1) is 6.92 Å². The van der Waals surface area contributed by atoms with E-state index in [-0.39, 0.29) is 11.7 Å². The van der Waals surface area contributed by atoms with Crippen LogP contribution >= 0.6 is 11.3 Å². The van der Waals surface area contributed by atoms with Gasteiger partial charge in [0.1, 0.15) is 11.9 Å². The minimum atomic E-state index is -0.590. The highest BCUT2D eigenvalue weighted by Gasteiger charge is 2.29. The number of carbonyl (C=O) groups is 2. The van der Waals surface area contributed by atoms with E-state index in [1.165, 1.54) is 11.3 Å². The molecule has 0 saturated carbocycles. The predicted octanol–water partition coefficient (Wildman–Crippen LogP) is 4.90. The molecule has 1 unspecified atom stereocenters. The monoisotopic (exact) mass is 428 g/mol. The average Bonchev–Trinajstić information content (AvgIpc) is 3.39. The number of nitrogens with one attached hydrogen (secondary N) is 2. The number of rotatable bonds is 4. The molecule has 0 aliphatic carbocycles. The van der Waals surface area contributed by atoms with Gasteiger partial charge in [-0.1, -0.05) is 18.2 Å². The zero-order valence-electron chi connectivity index (χ0n) is 16.8. The Bertz CT molecular complexity index is 1270. The third-order valence-electron chi connectivity index (χ3n) is 5.46. The molecule has 0 spiro atoms. The molecule has 2 aromatic heterocycles. The number of benzene rings is 2. The van der Waals surface area contributed by atoms with Gasteiger partial charge < -0.3 is 15.2 Å². The molecular formula is C24H20N4O2S. The zero-order chi connectivity index (χ0) is 21.4. The summed E-state index contributed by atoms with van der Waals surface area (Å²) in [4.78, 5) is 31.2. The van der Waals surface area contributed by atoms with Crippen molar-refractivity contribution in [3.63, 3.8) is 0 Å². The number of ketones is 1. The topological polar surface area (TPSA) is 76.0 Å². The van der Waals surface area contributed by atoms with Gasteiger partial charge in [0.15, 0.2) is 5.78 Å². The number of aromatic nitrogens is 2. The highest BCUT2D eigenvalue weighted by atomic mass is 32.1. The SMILES string of the molecule is Cc1sccc1C(=O)Nc1ccc(C(=O)C2Nc3ccccc3Cn3ccnc32)cc1. The molecule has 0 bridgehead atoms. The van der Waals surface area contributed by atoms with Gasteiger partial charge in [0.2, 0.25) is 0 Å². The molecule has 0 radical (unpaired) electrons. The van der Waals surface area contributed by atoms with Crippen molar-refractivity contribution in [1.29, 1.82) is 0 Å². The average molecular weight is 429 g/mol. The van der Waals surface area contributed by atoms with E-state index in [0.29, 0.717) is 29.2 Å². The maximum absolute atomic E-state index is 13.4. The van der Waals surface area contributed by atoms with Gasteiger partial charge in [0, 0.05) is 34.2 Å². The Balaban J connectivity index is 1.39. The molecule has 7 heteroatoms. The van der Waals surface area contributed by atoms with Crippen molar-refractivity contribution in [2.45, 2.75) is 19.5 Å². The number of thiophene rings is 1. The van der Waals surface area contributed by atoms with Crippen molar-refractivity contribution in [2.75, 3.05) is 10.6 Å². The molecule has 6 nitrogen and oxygen atoms in total. The Hall–Kier alpha value is -3.71. The van der Waals surface area contributed by atoms with Crippen LogP contribution in [-0.2, 0) is 6.54 Å². The summed E-state index contributed by atoms with van der Waals surface area (Å²) in [7, 11) is 0. The number of amides is 1. The lowest BCUT2D eigenvalue weighted by Crippen LogP contribution is -2.23. The smallest absolute Gasteiger partial charge is 0.256 e. The van der Waals surface area contributed by atoms with Gasteiger partial charge in [-0.2, -0.15) is 0 Å². The van der Waals surface area contributed by atoms with Crippen molar-refractivity contribution in [3.8, 4) is 0 Å². The van der Waals surface area contributed by atoms with E-state index in [2.05, 4.69) is 15.6 Å². The number of fused-ring (bicyclic) bond motifs is 2. The molecule has 1 aliphatic rings. The molecule has 1 atom stereocenters. The normalized spacial score (nSPS) is 14.7. The van der Waals surface area contributed by atoms with Crippen LogP contribution in [0.3, 0.4) is 0 Å². The van der Waals surface area contributed by atoms with Crippen LogP contribution in [0.1, 0.15) is 43.0 Å². The Morgan fingerprint density at radius 1 is 1.13 bits per heavy atom. The summed E-state index contributed by atoms with van der Waals surface area (Å²) in [5.41, 5.74) is 3.91. The third-order valence-corrected chi connectivity index (χ3v) is 6.30. The second-order valence-electron chi connectivity index (χ2n) is 7.43. The third kappa shape index (κ3) is 3.64. The quantitative estimate of drug-likeness (QED) is 0.453. The van der Waals surface area contributed by atoms with Gasteiger partial charge in [0.05, 0.1) is 12.1 Å². The highest BCUT2D eigenvalue weighted by molar-refractivity contribution is 7.10. The number of anilines is 2. The molecule has 5 rings (SSSR count). The molecular weight excluding hydrogens is 408 g/mol. The predicted molar refractivity (Wildman–Crippen MR) is 122 cm³/mol. The molecule has 2 N–H and O–H groups in total. The number of hydrogen-bond donors (Lipinski definition) is 2. The van der Waals surface area contributed by atoms with Gasteiger partial charge in [0.25, 0.3) is 5.91 Å².